The predicted molar refractivity (Wildman–Crippen MR) is 86.4 cm³/mol. The average Bonchev–Trinajstić information content (AvgIpc) is 2.78. The number of guanidine groups is 1. The first-order valence-corrected chi connectivity index (χ1v) is 7.28. The van der Waals surface area contributed by atoms with Gasteiger partial charge in [0.1, 0.15) is 0 Å². The fourth-order valence-corrected chi connectivity index (χ4v) is 2.26. The zero-order valence-electron chi connectivity index (χ0n) is 12.6. The van der Waals surface area contributed by atoms with E-state index in [1.165, 1.54) is 0 Å². The molecular formula is C16H20N4O2. The van der Waals surface area contributed by atoms with Gasteiger partial charge >= 0.3 is 0 Å². The highest BCUT2D eigenvalue weighted by Crippen LogP contribution is 2.32. The van der Waals surface area contributed by atoms with E-state index in [9.17, 15) is 0 Å². The Kier molecular flexibility index (Phi) is 4.18. The summed E-state index contributed by atoms with van der Waals surface area (Å²) in [4.78, 5) is 4.33. The van der Waals surface area contributed by atoms with E-state index in [0.717, 1.165) is 29.2 Å². The van der Waals surface area contributed by atoms with Crippen molar-refractivity contribution in [3.05, 3.63) is 42.2 Å². The van der Waals surface area contributed by atoms with Crippen molar-refractivity contribution in [2.75, 3.05) is 18.5 Å². The highest BCUT2D eigenvalue weighted by Gasteiger charge is 2.10. The van der Waals surface area contributed by atoms with Gasteiger partial charge in [-0.2, -0.15) is 0 Å². The van der Waals surface area contributed by atoms with Crippen LogP contribution in [-0.2, 0) is 13.6 Å². The second-order valence-corrected chi connectivity index (χ2v) is 5.22. The Hall–Kier alpha value is -2.63. The molecular weight excluding hydrogens is 280 g/mol. The number of ether oxygens (including phenoxy) is 2. The van der Waals surface area contributed by atoms with Gasteiger partial charge in [-0.25, -0.2) is 4.99 Å². The molecule has 0 aliphatic carbocycles. The third-order valence-electron chi connectivity index (χ3n) is 3.35. The molecule has 3 N–H and O–H groups in total. The molecule has 6 heteroatoms. The van der Waals surface area contributed by atoms with E-state index in [2.05, 4.69) is 10.3 Å². The van der Waals surface area contributed by atoms with Gasteiger partial charge in [0.05, 0.1) is 19.8 Å². The number of aryl methyl sites for hydroxylation is 1. The van der Waals surface area contributed by atoms with Crippen LogP contribution in [-0.4, -0.2) is 23.7 Å². The molecule has 6 nitrogen and oxygen atoms in total. The molecule has 1 aliphatic heterocycles. The van der Waals surface area contributed by atoms with E-state index in [-0.39, 0.29) is 0 Å². The SMILES string of the molecule is Cn1ccc(CN=C(N)Nc2ccc3c(c2)OCCCO3)c1. The molecule has 0 bridgehead atoms. The van der Waals surface area contributed by atoms with Gasteiger partial charge in [-0.1, -0.05) is 0 Å². The topological polar surface area (TPSA) is 73.8 Å². The van der Waals surface area contributed by atoms with E-state index in [1.807, 2.05) is 48.3 Å². The number of nitrogens with two attached hydrogens (primary N) is 1. The summed E-state index contributed by atoms with van der Waals surface area (Å²) in [6.07, 6.45) is 4.89. The van der Waals surface area contributed by atoms with Crippen LogP contribution in [0.3, 0.4) is 0 Å². The number of hydrogen-bond acceptors (Lipinski definition) is 3. The number of anilines is 1. The van der Waals surface area contributed by atoms with Gasteiger partial charge in [-0.05, 0) is 23.8 Å². The van der Waals surface area contributed by atoms with E-state index < -0.39 is 0 Å². The lowest BCUT2D eigenvalue weighted by molar-refractivity contribution is 0.297. The normalized spacial score (nSPS) is 14.5. The van der Waals surface area contributed by atoms with Crippen LogP contribution >= 0.6 is 0 Å². The molecule has 22 heavy (non-hydrogen) atoms. The molecule has 1 aliphatic rings. The van der Waals surface area contributed by atoms with Crippen molar-refractivity contribution in [1.82, 2.24) is 4.57 Å². The van der Waals surface area contributed by atoms with Crippen molar-refractivity contribution < 1.29 is 9.47 Å². The lowest BCUT2D eigenvalue weighted by Gasteiger charge is -2.10. The maximum atomic E-state index is 5.93. The number of fused-ring (bicyclic) bond motifs is 1. The number of aromatic nitrogens is 1. The van der Waals surface area contributed by atoms with Crippen LogP contribution in [0.5, 0.6) is 11.5 Å². The predicted octanol–water partition coefficient (Wildman–Crippen LogP) is 2.11. The minimum absolute atomic E-state index is 0.373. The Balaban J connectivity index is 1.65. The maximum absolute atomic E-state index is 5.93. The van der Waals surface area contributed by atoms with Crippen LogP contribution < -0.4 is 20.5 Å². The molecule has 2 heterocycles. The summed E-state index contributed by atoms with van der Waals surface area (Å²) in [6.45, 7) is 1.89. The number of hydrogen-bond donors (Lipinski definition) is 2. The molecule has 0 spiro atoms. The van der Waals surface area contributed by atoms with Crippen LogP contribution in [0.2, 0.25) is 0 Å². The van der Waals surface area contributed by atoms with Crippen molar-refractivity contribution >= 4 is 11.6 Å². The van der Waals surface area contributed by atoms with Crippen molar-refractivity contribution in [2.24, 2.45) is 17.8 Å². The molecule has 0 fully saturated rings. The molecule has 3 rings (SSSR count). The molecule has 0 atom stereocenters. The van der Waals surface area contributed by atoms with Gasteiger partial charge in [0.2, 0.25) is 0 Å². The summed E-state index contributed by atoms with van der Waals surface area (Å²) >= 11 is 0. The van der Waals surface area contributed by atoms with Gasteiger partial charge < -0.3 is 25.1 Å². The third kappa shape index (κ3) is 3.52. The van der Waals surface area contributed by atoms with Crippen molar-refractivity contribution in [2.45, 2.75) is 13.0 Å². The molecule has 0 unspecified atom stereocenters. The van der Waals surface area contributed by atoms with E-state index >= 15 is 0 Å². The summed E-state index contributed by atoms with van der Waals surface area (Å²) in [5.41, 5.74) is 7.88. The minimum Gasteiger partial charge on any atom is -0.490 e. The zero-order chi connectivity index (χ0) is 15.4. The highest BCUT2D eigenvalue weighted by atomic mass is 16.5. The van der Waals surface area contributed by atoms with Crippen LogP contribution in [0.4, 0.5) is 5.69 Å². The van der Waals surface area contributed by atoms with E-state index in [1.54, 1.807) is 0 Å². The van der Waals surface area contributed by atoms with Gasteiger partial charge in [0.15, 0.2) is 17.5 Å². The highest BCUT2D eigenvalue weighted by molar-refractivity contribution is 5.92. The molecule has 0 amide bonds. The number of rotatable bonds is 3. The number of aliphatic imine (C=N–C) groups is 1. The summed E-state index contributed by atoms with van der Waals surface area (Å²) in [6, 6.07) is 7.68. The Morgan fingerprint density at radius 2 is 2.09 bits per heavy atom. The molecule has 116 valence electrons. The monoisotopic (exact) mass is 300 g/mol. The molecule has 0 saturated heterocycles. The largest absolute Gasteiger partial charge is 0.490 e. The van der Waals surface area contributed by atoms with Crippen LogP contribution in [0.15, 0.2) is 41.7 Å². The fourth-order valence-electron chi connectivity index (χ4n) is 2.26. The summed E-state index contributed by atoms with van der Waals surface area (Å²) < 4.78 is 13.2. The second-order valence-electron chi connectivity index (χ2n) is 5.22. The third-order valence-corrected chi connectivity index (χ3v) is 3.35. The Labute approximate surface area is 129 Å². The van der Waals surface area contributed by atoms with Crippen LogP contribution in [0.1, 0.15) is 12.0 Å². The lowest BCUT2D eigenvalue weighted by Crippen LogP contribution is -2.22. The summed E-state index contributed by atoms with van der Waals surface area (Å²) in [5, 5.41) is 3.07. The van der Waals surface area contributed by atoms with Crippen LogP contribution in [0, 0.1) is 0 Å². The minimum atomic E-state index is 0.373. The molecule has 1 aromatic carbocycles. The van der Waals surface area contributed by atoms with Gasteiger partial charge in [-0.15, -0.1) is 0 Å². The van der Waals surface area contributed by atoms with Crippen molar-refractivity contribution in [1.29, 1.82) is 0 Å². The van der Waals surface area contributed by atoms with Gasteiger partial charge in [-0.3, -0.25) is 0 Å². The zero-order valence-corrected chi connectivity index (χ0v) is 12.6. The molecule has 0 radical (unpaired) electrons. The number of nitrogens with zero attached hydrogens (tertiary/aromatic N) is 2. The second kappa shape index (κ2) is 6.43. The van der Waals surface area contributed by atoms with E-state index in [4.69, 9.17) is 15.2 Å². The molecule has 1 aromatic heterocycles. The Morgan fingerprint density at radius 1 is 1.27 bits per heavy atom. The smallest absolute Gasteiger partial charge is 0.193 e. The first kappa shape index (κ1) is 14.3. The Morgan fingerprint density at radius 3 is 2.86 bits per heavy atom. The fraction of sp³-hybridized carbons (Fsp3) is 0.312. The summed E-state index contributed by atoms with van der Waals surface area (Å²) in [7, 11) is 1.98. The van der Waals surface area contributed by atoms with Gasteiger partial charge in [0.25, 0.3) is 0 Å². The molecule has 0 saturated carbocycles. The standard InChI is InChI=1S/C16H20N4O2/c1-20-6-5-12(11-20)10-18-16(17)19-13-3-4-14-15(9-13)22-8-2-7-21-14/h3-6,9,11H,2,7-8,10H2,1H3,(H3,17,18,19). The van der Waals surface area contributed by atoms with Crippen molar-refractivity contribution in [3.8, 4) is 11.5 Å². The van der Waals surface area contributed by atoms with Crippen LogP contribution in [0.25, 0.3) is 0 Å². The quantitative estimate of drug-likeness (QED) is 0.672. The van der Waals surface area contributed by atoms with Gasteiger partial charge in [0, 0.05) is 37.6 Å². The van der Waals surface area contributed by atoms with E-state index in [0.29, 0.717) is 25.7 Å². The summed E-state index contributed by atoms with van der Waals surface area (Å²) in [5.74, 6) is 1.87. The van der Waals surface area contributed by atoms with Crippen molar-refractivity contribution in [3.63, 3.8) is 0 Å². The first-order valence-electron chi connectivity index (χ1n) is 7.28. The molecule has 2 aromatic rings. The number of benzene rings is 1. The Bertz CT molecular complexity index is 679. The first-order chi connectivity index (χ1) is 10.7. The maximum Gasteiger partial charge on any atom is 0.193 e. The number of nitrogens with one attached hydrogen (secondary N) is 1. The lowest BCUT2D eigenvalue weighted by atomic mass is 10.3. The average molecular weight is 300 g/mol.